The summed E-state index contributed by atoms with van der Waals surface area (Å²) in [5, 5.41) is 4.00. The first kappa shape index (κ1) is 16.6. The molecule has 0 unspecified atom stereocenters. The minimum absolute atomic E-state index is 0. The summed E-state index contributed by atoms with van der Waals surface area (Å²) in [7, 11) is 1.60. The summed E-state index contributed by atoms with van der Waals surface area (Å²) in [4.78, 5) is 16.2. The van der Waals surface area contributed by atoms with Crippen molar-refractivity contribution in [2.75, 3.05) is 12.4 Å². The van der Waals surface area contributed by atoms with Crippen molar-refractivity contribution in [3.63, 3.8) is 0 Å². The predicted molar refractivity (Wildman–Crippen MR) is 93.8 cm³/mol. The number of carbonyl (C=O) groups excluding carboxylic acids is 1. The van der Waals surface area contributed by atoms with Gasteiger partial charge in [-0.1, -0.05) is 24.3 Å². The number of carbonyl (C=O) groups is 1. The molecule has 0 aliphatic rings. The lowest BCUT2D eigenvalue weighted by atomic mass is 10.1. The molecule has 2 aromatic carbocycles. The van der Waals surface area contributed by atoms with Gasteiger partial charge in [-0.05, 0) is 24.3 Å². The lowest BCUT2D eigenvalue weighted by molar-refractivity contribution is 0.100. The molecule has 23 heavy (non-hydrogen) atoms. The lowest BCUT2D eigenvalue weighted by Gasteiger charge is -2.11. The molecule has 0 fully saturated rings. The number of benzene rings is 2. The van der Waals surface area contributed by atoms with Gasteiger partial charge in [0.15, 0.2) is 0 Å². The van der Waals surface area contributed by atoms with Crippen LogP contribution in [0.4, 0.5) is 11.5 Å². The highest BCUT2D eigenvalue weighted by Gasteiger charge is 2.12. The number of hydrogen-bond donors (Lipinski definition) is 2. The summed E-state index contributed by atoms with van der Waals surface area (Å²) in [6, 6.07) is 16.7. The first-order valence-corrected chi connectivity index (χ1v) is 6.78. The zero-order valence-corrected chi connectivity index (χ0v) is 13.3. The molecule has 3 N–H and O–H groups in total. The van der Waals surface area contributed by atoms with Gasteiger partial charge in [0, 0.05) is 17.1 Å². The van der Waals surface area contributed by atoms with E-state index in [1.165, 1.54) is 0 Å². The topological polar surface area (TPSA) is 77.2 Å². The van der Waals surface area contributed by atoms with Gasteiger partial charge in [-0.15, -0.1) is 12.4 Å². The normalized spacial score (nSPS) is 9.96. The second-order valence-electron chi connectivity index (χ2n) is 4.80. The molecule has 1 amide bonds. The van der Waals surface area contributed by atoms with Crippen molar-refractivity contribution in [2.24, 2.45) is 5.73 Å². The van der Waals surface area contributed by atoms with Gasteiger partial charge in [-0.2, -0.15) is 0 Å². The molecule has 1 aromatic heterocycles. The highest BCUT2D eigenvalue weighted by Crippen LogP contribution is 2.25. The summed E-state index contributed by atoms with van der Waals surface area (Å²) < 4.78 is 5.19. The molecule has 0 aliphatic heterocycles. The number of rotatable bonds is 4. The summed E-state index contributed by atoms with van der Waals surface area (Å²) in [5.74, 6) is 0.620. The van der Waals surface area contributed by atoms with E-state index in [0.29, 0.717) is 17.1 Å². The lowest BCUT2D eigenvalue weighted by Crippen LogP contribution is -2.14. The first-order valence-electron chi connectivity index (χ1n) is 6.78. The molecule has 0 spiro atoms. The number of nitrogens with two attached hydrogens (primary N) is 1. The van der Waals surface area contributed by atoms with Gasteiger partial charge in [0.1, 0.15) is 11.6 Å². The Morgan fingerprint density at radius 2 is 1.91 bits per heavy atom. The second-order valence-corrected chi connectivity index (χ2v) is 4.80. The zero-order valence-electron chi connectivity index (χ0n) is 12.4. The number of nitrogens with one attached hydrogen (secondary N) is 1. The molecular weight excluding hydrogens is 314 g/mol. The van der Waals surface area contributed by atoms with E-state index in [4.69, 9.17) is 10.5 Å². The van der Waals surface area contributed by atoms with E-state index in [1.807, 2.05) is 48.5 Å². The monoisotopic (exact) mass is 329 g/mol. The molecule has 0 saturated heterocycles. The van der Waals surface area contributed by atoms with E-state index < -0.39 is 5.91 Å². The first-order chi connectivity index (χ1) is 10.7. The Hall–Kier alpha value is -2.79. The molecule has 3 aromatic rings. The van der Waals surface area contributed by atoms with Crippen LogP contribution in [0.5, 0.6) is 5.75 Å². The molecule has 5 nitrogen and oxygen atoms in total. The maximum atomic E-state index is 11.7. The predicted octanol–water partition coefficient (Wildman–Crippen LogP) is 3.51. The molecule has 118 valence electrons. The average molecular weight is 330 g/mol. The van der Waals surface area contributed by atoms with Crippen LogP contribution in [0.2, 0.25) is 0 Å². The number of methoxy groups -OCH3 is 1. The number of anilines is 2. The largest absolute Gasteiger partial charge is 0.497 e. The molecule has 1 heterocycles. The highest BCUT2D eigenvalue weighted by atomic mass is 35.5. The molecule has 0 bridgehead atoms. The van der Waals surface area contributed by atoms with Crippen LogP contribution in [0.25, 0.3) is 10.9 Å². The Balaban J connectivity index is 0.00000192. The third-order valence-electron chi connectivity index (χ3n) is 3.32. The molecule has 0 saturated carbocycles. The fourth-order valence-electron chi connectivity index (χ4n) is 2.24. The van der Waals surface area contributed by atoms with Crippen LogP contribution in [0, 0.1) is 0 Å². The van der Waals surface area contributed by atoms with Crippen molar-refractivity contribution in [2.45, 2.75) is 0 Å². The number of para-hydroxylation sites is 1. The average Bonchev–Trinajstić information content (AvgIpc) is 2.54. The number of primary amides is 1. The minimum Gasteiger partial charge on any atom is -0.497 e. The second kappa shape index (κ2) is 6.98. The number of ether oxygens (including phenoxy) is 1. The standard InChI is InChI=1S/C17H15N3O2.ClH/c1-22-13-7-4-6-12(10-13)19-17-14(16(18)21)9-11-5-2-3-8-15(11)20-17;/h2-10H,1H3,(H2,18,21)(H,19,20);1H. The maximum absolute atomic E-state index is 11.7. The number of fused-ring (bicyclic) bond motifs is 1. The van der Waals surface area contributed by atoms with Crippen molar-refractivity contribution < 1.29 is 9.53 Å². The van der Waals surface area contributed by atoms with Crippen LogP contribution in [-0.4, -0.2) is 18.0 Å². The van der Waals surface area contributed by atoms with E-state index in [1.54, 1.807) is 13.2 Å². The SMILES string of the molecule is COc1cccc(Nc2nc3ccccc3cc2C(N)=O)c1.Cl. The number of halogens is 1. The number of nitrogens with zero attached hydrogens (tertiary/aromatic N) is 1. The van der Waals surface area contributed by atoms with Crippen molar-refractivity contribution in [3.8, 4) is 5.75 Å². The Morgan fingerprint density at radius 1 is 1.13 bits per heavy atom. The number of pyridine rings is 1. The van der Waals surface area contributed by atoms with E-state index in [-0.39, 0.29) is 12.4 Å². The number of amides is 1. The fraction of sp³-hybridized carbons (Fsp3) is 0.0588. The maximum Gasteiger partial charge on any atom is 0.252 e. The molecule has 6 heteroatoms. The van der Waals surface area contributed by atoms with E-state index in [9.17, 15) is 4.79 Å². The van der Waals surface area contributed by atoms with Gasteiger partial charge < -0.3 is 15.8 Å². The van der Waals surface area contributed by atoms with Gasteiger partial charge in [0.2, 0.25) is 0 Å². The van der Waals surface area contributed by atoms with Gasteiger partial charge >= 0.3 is 0 Å². The van der Waals surface area contributed by atoms with Gasteiger partial charge in [0.05, 0.1) is 18.2 Å². The molecule has 0 aliphatic carbocycles. The highest BCUT2D eigenvalue weighted by molar-refractivity contribution is 6.01. The van der Waals surface area contributed by atoms with Gasteiger partial charge in [-0.3, -0.25) is 4.79 Å². The summed E-state index contributed by atoms with van der Waals surface area (Å²) >= 11 is 0. The molecule has 0 radical (unpaired) electrons. The fourth-order valence-corrected chi connectivity index (χ4v) is 2.24. The Morgan fingerprint density at radius 3 is 2.65 bits per heavy atom. The van der Waals surface area contributed by atoms with E-state index in [2.05, 4.69) is 10.3 Å². The Bertz CT molecular complexity index is 852. The van der Waals surface area contributed by atoms with Crippen molar-refractivity contribution >= 4 is 40.7 Å². The van der Waals surface area contributed by atoms with Crippen molar-refractivity contribution in [1.82, 2.24) is 4.98 Å². The van der Waals surface area contributed by atoms with Crippen LogP contribution in [0.1, 0.15) is 10.4 Å². The molecular formula is C17H16ClN3O2. The van der Waals surface area contributed by atoms with E-state index in [0.717, 1.165) is 16.6 Å². The third kappa shape index (κ3) is 3.52. The molecule has 0 atom stereocenters. The van der Waals surface area contributed by atoms with Crippen LogP contribution < -0.4 is 15.8 Å². The van der Waals surface area contributed by atoms with Gasteiger partial charge in [-0.25, -0.2) is 4.98 Å². The van der Waals surface area contributed by atoms with Gasteiger partial charge in [0.25, 0.3) is 5.91 Å². The summed E-state index contributed by atoms with van der Waals surface area (Å²) in [5.41, 5.74) is 7.38. The Kier molecular flexibility index (Phi) is 5.03. The third-order valence-corrected chi connectivity index (χ3v) is 3.32. The Labute approximate surface area is 139 Å². The number of aromatic nitrogens is 1. The van der Waals surface area contributed by atoms with Crippen LogP contribution in [-0.2, 0) is 0 Å². The van der Waals surface area contributed by atoms with Crippen LogP contribution in [0.3, 0.4) is 0 Å². The zero-order chi connectivity index (χ0) is 15.5. The summed E-state index contributed by atoms with van der Waals surface area (Å²) in [6.07, 6.45) is 0. The smallest absolute Gasteiger partial charge is 0.252 e. The molecule has 3 rings (SSSR count). The number of hydrogen-bond acceptors (Lipinski definition) is 4. The summed E-state index contributed by atoms with van der Waals surface area (Å²) in [6.45, 7) is 0. The van der Waals surface area contributed by atoms with Crippen LogP contribution >= 0.6 is 12.4 Å². The van der Waals surface area contributed by atoms with Crippen molar-refractivity contribution in [1.29, 1.82) is 0 Å². The quantitative estimate of drug-likeness (QED) is 0.768. The van der Waals surface area contributed by atoms with E-state index >= 15 is 0 Å². The minimum atomic E-state index is -0.524. The van der Waals surface area contributed by atoms with Crippen molar-refractivity contribution in [3.05, 3.63) is 60.2 Å². The van der Waals surface area contributed by atoms with Crippen LogP contribution in [0.15, 0.2) is 54.6 Å².